The highest BCUT2D eigenvalue weighted by molar-refractivity contribution is 7.21. The molecule has 5 heterocycles. The van der Waals surface area contributed by atoms with Crippen LogP contribution in [-0.4, -0.2) is 52.8 Å². The van der Waals surface area contributed by atoms with Crippen LogP contribution in [0.5, 0.6) is 6.01 Å². The summed E-state index contributed by atoms with van der Waals surface area (Å²) in [6, 6.07) is 8.86. The van der Waals surface area contributed by atoms with E-state index >= 15 is 0 Å². The van der Waals surface area contributed by atoms with Gasteiger partial charge in [0.15, 0.2) is 0 Å². The number of carbonyl (C=O) groups excluding carboxylic acids is 1. The molecular weight excluding hydrogens is 459 g/mol. The second-order valence-corrected chi connectivity index (χ2v) is 9.28. The van der Waals surface area contributed by atoms with Gasteiger partial charge in [-0.1, -0.05) is 6.92 Å². The van der Waals surface area contributed by atoms with Gasteiger partial charge in [-0.25, -0.2) is 4.98 Å². The minimum Gasteiger partial charge on any atom is -0.455 e. The fourth-order valence-corrected chi connectivity index (χ4v) is 5.15. The number of thiophene rings is 1. The second kappa shape index (κ2) is 8.33. The smallest absolute Gasteiger partial charge is 0.321 e. The lowest BCUT2D eigenvalue weighted by atomic mass is 10.1. The molecule has 3 N–H and O–H groups in total. The van der Waals surface area contributed by atoms with Gasteiger partial charge in [0.1, 0.15) is 22.6 Å². The molecule has 1 amide bonds. The number of nitrogens with one attached hydrogen (secondary N) is 3. The van der Waals surface area contributed by atoms with Crippen molar-refractivity contribution < 1.29 is 18.7 Å². The zero-order valence-electron chi connectivity index (χ0n) is 18.2. The number of aromatic nitrogens is 3. The summed E-state index contributed by atoms with van der Waals surface area (Å²) in [6.07, 6.45) is 0.688. The van der Waals surface area contributed by atoms with Gasteiger partial charge in [0.2, 0.25) is 5.95 Å². The maximum absolute atomic E-state index is 14.0. The van der Waals surface area contributed by atoms with Crippen molar-refractivity contribution in [2.24, 2.45) is 0 Å². The Hall–Kier alpha value is -3.57. The summed E-state index contributed by atoms with van der Waals surface area (Å²) in [7, 11) is 0. The second-order valence-electron chi connectivity index (χ2n) is 8.23. The highest BCUT2D eigenvalue weighted by atomic mass is 32.1. The van der Waals surface area contributed by atoms with E-state index in [0.29, 0.717) is 30.5 Å². The SMILES string of the molecule is CC[C@@H]1CNc2c(sc3ccc4nc(Nc5cc(F)nc(OC6COC6)n5)ccc4c23)C(=O)N1. The van der Waals surface area contributed by atoms with E-state index in [1.54, 1.807) is 6.07 Å². The molecule has 1 saturated heterocycles. The Bertz CT molecular complexity index is 1420. The van der Waals surface area contributed by atoms with Gasteiger partial charge < -0.3 is 25.4 Å². The van der Waals surface area contributed by atoms with Gasteiger partial charge in [0.25, 0.3) is 5.91 Å². The van der Waals surface area contributed by atoms with Crippen LogP contribution in [0, 0.1) is 5.95 Å². The molecule has 11 heteroatoms. The third-order valence-corrected chi connectivity index (χ3v) is 7.05. The quantitative estimate of drug-likeness (QED) is 0.370. The van der Waals surface area contributed by atoms with E-state index in [9.17, 15) is 9.18 Å². The van der Waals surface area contributed by atoms with Crippen LogP contribution < -0.4 is 20.7 Å². The summed E-state index contributed by atoms with van der Waals surface area (Å²) in [4.78, 5) is 26.0. The van der Waals surface area contributed by atoms with Crippen LogP contribution in [0.4, 0.5) is 21.7 Å². The number of hydrogen-bond acceptors (Lipinski definition) is 9. The summed E-state index contributed by atoms with van der Waals surface area (Å²) in [5.74, 6) is -0.0133. The van der Waals surface area contributed by atoms with Crippen molar-refractivity contribution in [1.82, 2.24) is 20.3 Å². The molecule has 0 unspecified atom stereocenters. The molecule has 1 fully saturated rings. The molecule has 2 aliphatic rings. The van der Waals surface area contributed by atoms with E-state index < -0.39 is 5.95 Å². The molecule has 1 atom stereocenters. The lowest BCUT2D eigenvalue weighted by Crippen LogP contribution is -2.39. The zero-order valence-corrected chi connectivity index (χ0v) is 19.0. The predicted molar refractivity (Wildman–Crippen MR) is 128 cm³/mol. The number of anilines is 3. The van der Waals surface area contributed by atoms with E-state index in [1.165, 1.54) is 17.4 Å². The third-order valence-electron chi connectivity index (χ3n) is 5.89. The standard InChI is InChI=1S/C23H21FN6O3S/c1-2-11-8-25-20-19-13-3-6-17(27-14(13)4-5-15(19)34-21(20)22(31)26-11)29-18-7-16(24)28-23(30-18)33-12-9-32-10-12/h3-7,11-12,25H,2,8-10H2,1H3,(H,26,31)(H,27,28,29,30)/t11-/m1/s1. The minimum absolute atomic E-state index is 0.0472. The lowest BCUT2D eigenvalue weighted by Gasteiger charge is -2.25. The molecule has 0 saturated carbocycles. The molecule has 0 bridgehead atoms. The Kier molecular flexibility index (Phi) is 5.15. The Morgan fingerprint density at radius 3 is 2.88 bits per heavy atom. The molecule has 0 aliphatic carbocycles. The monoisotopic (exact) mass is 480 g/mol. The first-order valence-electron chi connectivity index (χ1n) is 11.0. The van der Waals surface area contributed by atoms with Crippen LogP contribution >= 0.6 is 11.3 Å². The molecule has 3 aromatic heterocycles. The molecule has 6 rings (SSSR count). The van der Waals surface area contributed by atoms with E-state index in [1.807, 2.05) is 18.2 Å². The van der Waals surface area contributed by atoms with Crippen molar-refractivity contribution in [3.05, 3.63) is 41.2 Å². The largest absolute Gasteiger partial charge is 0.455 e. The Morgan fingerprint density at radius 1 is 1.21 bits per heavy atom. The number of benzene rings is 1. The van der Waals surface area contributed by atoms with Crippen LogP contribution in [0.15, 0.2) is 30.3 Å². The van der Waals surface area contributed by atoms with Gasteiger partial charge >= 0.3 is 6.01 Å². The number of fused-ring (bicyclic) bond motifs is 5. The van der Waals surface area contributed by atoms with Crippen LogP contribution in [-0.2, 0) is 4.74 Å². The Morgan fingerprint density at radius 2 is 2.09 bits per heavy atom. The van der Waals surface area contributed by atoms with Gasteiger partial charge in [-0.05, 0) is 30.7 Å². The first-order valence-corrected chi connectivity index (χ1v) is 11.9. The number of rotatable bonds is 5. The minimum atomic E-state index is -0.703. The van der Waals surface area contributed by atoms with Crippen LogP contribution in [0.1, 0.15) is 23.0 Å². The summed E-state index contributed by atoms with van der Waals surface area (Å²) < 4.78 is 25.6. The van der Waals surface area contributed by atoms with E-state index in [4.69, 9.17) is 14.5 Å². The highest BCUT2D eigenvalue weighted by Crippen LogP contribution is 2.41. The zero-order chi connectivity index (χ0) is 23.2. The molecule has 2 aliphatic heterocycles. The Balaban J connectivity index is 1.34. The van der Waals surface area contributed by atoms with E-state index in [-0.39, 0.29) is 29.9 Å². The van der Waals surface area contributed by atoms with Gasteiger partial charge in [-0.2, -0.15) is 14.4 Å². The lowest BCUT2D eigenvalue weighted by molar-refractivity contribution is -0.0833. The molecule has 4 aromatic rings. The molecule has 0 spiro atoms. The molecule has 1 aromatic carbocycles. The molecule has 9 nitrogen and oxygen atoms in total. The molecule has 0 radical (unpaired) electrons. The first kappa shape index (κ1) is 21.0. The summed E-state index contributed by atoms with van der Waals surface area (Å²) in [5, 5.41) is 11.5. The van der Waals surface area contributed by atoms with Crippen molar-refractivity contribution in [1.29, 1.82) is 0 Å². The fourth-order valence-electron chi connectivity index (χ4n) is 4.05. The van der Waals surface area contributed by atoms with Gasteiger partial charge in [-0.3, -0.25) is 4.79 Å². The van der Waals surface area contributed by atoms with Crippen molar-refractivity contribution in [3.63, 3.8) is 0 Å². The number of nitrogens with zero attached hydrogens (tertiary/aromatic N) is 3. The molecule has 34 heavy (non-hydrogen) atoms. The fraction of sp³-hybridized carbons (Fsp3) is 0.304. The van der Waals surface area contributed by atoms with Crippen LogP contribution in [0.25, 0.3) is 21.0 Å². The maximum Gasteiger partial charge on any atom is 0.321 e. The first-order chi connectivity index (χ1) is 16.6. The summed E-state index contributed by atoms with van der Waals surface area (Å²) in [5.41, 5.74) is 1.59. The van der Waals surface area contributed by atoms with Gasteiger partial charge in [0, 0.05) is 34.1 Å². The number of carbonyl (C=O) groups is 1. The summed E-state index contributed by atoms with van der Waals surface area (Å²) >= 11 is 1.47. The average Bonchev–Trinajstić information content (AvgIpc) is 3.10. The van der Waals surface area contributed by atoms with Gasteiger partial charge in [0.05, 0.1) is 24.4 Å². The number of hydrogen-bond donors (Lipinski definition) is 3. The van der Waals surface area contributed by atoms with Crippen molar-refractivity contribution in [3.8, 4) is 6.01 Å². The topological polar surface area (TPSA) is 110 Å². The molecular formula is C23H21FN6O3S. The number of pyridine rings is 1. The number of amides is 1. The van der Waals surface area contributed by atoms with E-state index in [2.05, 4.69) is 32.8 Å². The normalized spacial score (nSPS) is 18.1. The van der Waals surface area contributed by atoms with Crippen LogP contribution in [0.2, 0.25) is 0 Å². The Labute approximate surface area is 197 Å². The van der Waals surface area contributed by atoms with Crippen molar-refractivity contribution >= 4 is 55.6 Å². The number of halogens is 1. The maximum atomic E-state index is 14.0. The van der Waals surface area contributed by atoms with Crippen molar-refractivity contribution in [2.45, 2.75) is 25.5 Å². The molecule has 174 valence electrons. The van der Waals surface area contributed by atoms with E-state index in [0.717, 1.165) is 33.1 Å². The summed E-state index contributed by atoms with van der Waals surface area (Å²) in [6.45, 7) is 3.59. The van der Waals surface area contributed by atoms with Gasteiger partial charge in [-0.15, -0.1) is 11.3 Å². The predicted octanol–water partition coefficient (Wildman–Crippen LogP) is 3.83. The highest BCUT2D eigenvalue weighted by Gasteiger charge is 2.26. The van der Waals surface area contributed by atoms with Crippen LogP contribution in [0.3, 0.4) is 0 Å². The van der Waals surface area contributed by atoms with Crippen molar-refractivity contribution in [2.75, 3.05) is 30.4 Å². The third kappa shape index (κ3) is 3.76. The average molecular weight is 481 g/mol. The number of ether oxygens (including phenoxy) is 2.